The maximum absolute atomic E-state index is 12.9. The number of nitrogens with zero attached hydrogens (tertiary/aromatic N) is 2. The lowest BCUT2D eigenvalue weighted by atomic mass is 9.90. The number of carbonyl (C=O) groups excluding carboxylic acids is 1. The number of hydrogen-bond acceptors (Lipinski definition) is 4. The van der Waals surface area contributed by atoms with Gasteiger partial charge in [0, 0.05) is 24.9 Å². The Bertz CT molecular complexity index is 700. The monoisotopic (exact) mass is 333 g/mol. The normalized spacial score (nSPS) is 20.9. The molecule has 122 valence electrons. The van der Waals surface area contributed by atoms with E-state index >= 15 is 0 Å². The Morgan fingerprint density at radius 3 is 2.83 bits per heavy atom. The number of rotatable bonds is 4. The van der Waals surface area contributed by atoms with Gasteiger partial charge in [-0.15, -0.1) is 11.3 Å². The number of hydrogen-bond donors (Lipinski definition) is 1. The van der Waals surface area contributed by atoms with E-state index in [1.54, 1.807) is 17.5 Å². The van der Waals surface area contributed by atoms with Crippen LogP contribution in [0, 0.1) is 11.2 Å². The van der Waals surface area contributed by atoms with E-state index in [-0.39, 0.29) is 17.1 Å². The van der Waals surface area contributed by atoms with Crippen LogP contribution in [0.4, 0.5) is 4.39 Å². The van der Waals surface area contributed by atoms with Crippen LogP contribution in [-0.2, 0) is 6.42 Å². The van der Waals surface area contributed by atoms with Gasteiger partial charge < -0.3 is 10.6 Å². The van der Waals surface area contributed by atoms with Crippen molar-refractivity contribution in [3.8, 4) is 0 Å². The summed E-state index contributed by atoms with van der Waals surface area (Å²) in [5.41, 5.74) is 7.28. The van der Waals surface area contributed by atoms with E-state index in [1.165, 1.54) is 23.5 Å². The molecule has 0 aliphatic carbocycles. The SMILES string of the molecule is CC1(CN)CCN(C(=O)c2csc(Cc3ccc(F)cc3)n2)C1. The van der Waals surface area contributed by atoms with Crippen LogP contribution in [0.5, 0.6) is 0 Å². The summed E-state index contributed by atoms with van der Waals surface area (Å²) in [4.78, 5) is 18.8. The Morgan fingerprint density at radius 2 is 2.17 bits per heavy atom. The highest BCUT2D eigenvalue weighted by atomic mass is 32.1. The molecule has 0 bridgehead atoms. The number of likely N-dealkylation sites (tertiary alicyclic amines) is 1. The Balaban J connectivity index is 1.67. The average molecular weight is 333 g/mol. The van der Waals surface area contributed by atoms with Gasteiger partial charge in [0.25, 0.3) is 5.91 Å². The zero-order valence-electron chi connectivity index (χ0n) is 13.1. The predicted octanol–water partition coefficient (Wildman–Crippen LogP) is 2.68. The third-order valence-corrected chi connectivity index (χ3v) is 5.23. The van der Waals surface area contributed by atoms with Crippen LogP contribution in [0.1, 0.15) is 34.4 Å². The van der Waals surface area contributed by atoms with Gasteiger partial charge in [-0.1, -0.05) is 19.1 Å². The van der Waals surface area contributed by atoms with Gasteiger partial charge in [0.05, 0.1) is 5.01 Å². The maximum atomic E-state index is 12.9. The molecule has 1 unspecified atom stereocenters. The molecule has 2 aromatic rings. The van der Waals surface area contributed by atoms with Gasteiger partial charge in [-0.05, 0) is 36.1 Å². The number of nitrogens with two attached hydrogens (primary N) is 1. The van der Waals surface area contributed by atoms with E-state index in [1.807, 2.05) is 4.90 Å². The van der Waals surface area contributed by atoms with Crippen LogP contribution in [0.2, 0.25) is 0 Å². The second-order valence-corrected chi connectivity index (χ2v) is 7.36. The molecule has 1 aromatic heterocycles. The van der Waals surface area contributed by atoms with Crippen molar-refractivity contribution in [1.82, 2.24) is 9.88 Å². The molecule has 0 spiro atoms. The van der Waals surface area contributed by atoms with Crippen LogP contribution < -0.4 is 5.73 Å². The van der Waals surface area contributed by atoms with E-state index in [2.05, 4.69) is 11.9 Å². The van der Waals surface area contributed by atoms with E-state index in [9.17, 15) is 9.18 Å². The van der Waals surface area contributed by atoms with E-state index in [4.69, 9.17) is 5.73 Å². The third-order valence-electron chi connectivity index (χ3n) is 4.38. The fourth-order valence-electron chi connectivity index (χ4n) is 2.79. The summed E-state index contributed by atoms with van der Waals surface area (Å²) in [6, 6.07) is 6.36. The fourth-order valence-corrected chi connectivity index (χ4v) is 3.60. The molecule has 3 rings (SSSR count). The summed E-state index contributed by atoms with van der Waals surface area (Å²) < 4.78 is 12.9. The van der Waals surface area contributed by atoms with Crippen molar-refractivity contribution in [3.63, 3.8) is 0 Å². The minimum Gasteiger partial charge on any atom is -0.337 e. The molecule has 2 heterocycles. The highest BCUT2D eigenvalue weighted by Gasteiger charge is 2.35. The van der Waals surface area contributed by atoms with Crippen molar-refractivity contribution >= 4 is 17.2 Å². The van der Waals surface area contributed by atoms with Crippen molar-refractivity contribution in [1.29, 1.82) is 0 Å². The van der Waals surface area contributed by atoms with Gasteiger partial charge in [-0.25, -0.2) is 9.37 Å². The first kappa shape index (κ1) is 16.1. The maximum Gasteiger partial charge on any atom is 0.273 e. The first-order valence-corrected chi connectivity index (χ1v) is 8.55. The van der Waals surface area contributed by atoms with Gasteiger partial charge >= 0.3 is 0 Å². The summed E-state index contributed by atoms with van der Waals surface area (Å²) >= 11 is 1.46. The Morgan fingerprint density at radius 1 is 1.43 bits per heavy atom. The quantitative estimate of drug-likeness (QED) is 0.936. The number of benzene rings is 1. The van der Waals surface area contributed by atoms with Gasteiger partial charge in [-0.3, -0.25) is 4.79 Å². The van der Waals surface area contributed by atoms with Crippen LogP contribution in [0.3, 0.4) is 0 Å². The predicted molar refractivity (Wildman–Crippen MR) is 89.0 cm³/mol. The van der Waals surface area contributed by atoms with Crippen molar-refractivity contribution in [2.75, 3.05) is 19.6 Å². The van der Waals surface area contributed by atoms with Gasteiger partial charge in [-0.2, -0.15) is 0 Å². The average Bonchev–Trinajstić information content (AvgIpc) is 3.17. The lowest BCUT2D eigenvalue weighted by Crippen LogP contribution is -2.34. The highest BCUT2D eigenvalue weighted by Crippen LogP contribution is 2.29. The molecular weight excluding hydrogens is 313 g/mol. The standard InChI is InChI=1S/C17H20FN3OS/c1-17(10-19)6-7-21(11-17)16(22)14-9-23-15(20-14)8-12-2-4-13(18)5-3-12/h2-5,9H,6-8,10-11,19H2,1H3. The van der Waals surface area contributed by atoms with Crippen LogP contribution in [-0.4, -0.2) is 35.4 Å². The second-order valence-electron chi connectivity index (χ2n) is 6.42. The molecule has 23 heavy (non-hydrogen) atoms. The molecule has 6 heteroatoms. The Hall–Kier alpha value is -1.79. The highest BCUT2D eigenvalue weighted by molar-refractivity contribution is 7.09. The zero-order chi connectivity index (χ0) is 16.4. The van der Waals surface area contributed by atoms with Crippen molar-refractivity contribution < 1.29 is 9.18 Å². The minimum absolute atomic E-state index is 0.0165. The third kappa shape index (κ3) is 3.59. The molecule has 1 amide bonds. The number of halogens is 1. The van der Waals surface area contributed by atoms with Crippen molar-refractivity contribution in [2.45, 2.75) is 19.8 Å². The number of carbonyl (C=O) groups is 1. The molecule has 2 N–H and O–H groups in total. The molecule has 1 aliphatic rings. The Labute approximate surface area is 139 Å². The van der Waals surface area contributed by atoms with E-state index in [0.29, 0.717) is 25.2 Å². The summed E-state index contributed by atoms with van der Waals surface area (Å²) in [7, 11) is 0. The molecule has 1 fully saturated rings. The van der Waals surface area contributed by atoms with E-state index in [0.717, 1.165) is 23.5 Å². The van der Waals surface area contributed by atoms with Gasteiger partial charge in [0.1, 0.15) is 11.5 Å². The molecule has 0 radical (unpaired) electrons. The fraction of sp³-hybridized carbons (Fsp3) is 0.412. The first-order valence-electron chi connectivity index (χ1n) is 7.67. The van der Waals surface area contributed by atoms with Crippen molar-refractivity contribution in [3.05, 3.63) is 51.7 Å². The molecule has 1 aromatic carbocycles. The zero-order valence-corrected chi connectivity index (χ0v) is 13.9. The lowest BCUT2D eigenvalue weighted by molar-refractivity contribution is 0.0771. The van der Waals surface area contributed by atoms with Crippen LogP contribution in [0.15, 0.2) is 29.6 Å². The molecule has 1 atom stereocenters. The summed E-state index contributed by atoms with van der Waals surface area (Å²) in [6.45, 7) is 4.12. The van der Waals surface area contributed by atoms with Crippen LogP contribution in [0.25, 0.3) is 0 Å². The minimum atomic E-state index is -0.249. The Kier molecular flexibility index (Phi) is 4.46. The van der Waals surface area contributed by atoms with Gasteiger partial charge in [0.15, 0.2) is 0 Å². The smallest absolute Gasteiger partial charge is 0.273 e. The summed E-state index contributed by atoms with van der Waals surface area (Å²) in [6.07, 6.45) is 1.54. The first-order chi connectivity index (χ1) is 11.0. The largest absolute Gasteiger partial charge is 0.337 e. The molecule has 4 nitrogen and oxygen atoms in total. The number of aromatic nitrogens is 1. The number of thiazole rings is 1. The topological polar surface area (TPSA) is 59.2 Å². The summed E-state index contributed by atoms with van der Waals surface area (Å²) in [5.74, 6) is -0.274. The lowest BCUT2D eigenvalue weighted by Gasteiger charge is -2.22. The molecular formula is C17H20FN3OS. The van der Waals surface area contributed by atoms with Crippen molar-refractivity contribution in [2.24, 2.45) is 11.1 Å². The second kappa shape index (κ2) is 6.37. The molecule has 0 saturated carbocycles. The van der Waals surface area contributed by atoms with E-state index < -0.39 is 0 Å². The summed E-state index contributed by atoms with van der Waals surface area (Å²) in [5, 5.41) is 2.67. The van der Waals surface area contributed by atoms with Gasteiger partial charge in [0.2, 0.25) is 0 Å². The molecule has 1 saturated heterocycles. The van der Waals surface area contributed by atoms with Crippen LogP contribution >= 0.6 is 11.3 Å². The number of amides is 1. The molecule has 1 aliphatic heterocycles.